The molecule has 6 nitrogen and oxygen atoms in total. The number of esters is 1. The first-order valence-corrected chi connectivity index (χ1v) is 25.7. The predicted molar refractivity (Wildman–Crippen MR) is 255 cm³/mol. The number of rotatable bonds is 46. The number of carbonyl (C=O) groups excluding carboxylic acids is 2. The Balaban J connectivity index is 4.50. The van der Waals surface area contributed by atoms with E-state index in [0.29, 0.717) is 19.3 Å². The molecule has 0 spiro atoms. The third-order valence-electron chi connectivity index (χ3n) is 11.7. The lowest BCUT2D eigenvalue weighted by Crippen LogP contribution is -2.46. The van der Waals surface area contributed by atoms with Gasteiger partial charge in [-0.05, 0) is 77.0 Å². The summed E-state index contributed by atoms with van der Waals surface area (Å²) in [5.74, 6) is -0.497. The van der Waals surface area contributed by atoms with Crippen molar-refractivity contribution >= 4 is 11.9 Å². The van der Waals surface area contributed by atoms with Crippen LogP contribution in [0.15, 0.2) is 36.5 Å². The van der Waals surface area contributed by atoms with E-state index in [1.165, 1.54) is 141 Å². The molecular weight excluding hydrogens is 731 g/mol. The van der Waals surface area contributed by atoms with E-state index in [1.54, 1.807) is 0 Å². The van der Waals surface area contributed by atoms with Gasteiger partial charge >= 0.3 is 5.97 Å². The molecule has 0 saturated heterocycles. The summed E-state index contributed by atoms with van der Waals surface area (Å²) < 4.78 is 5.91. The normalized spacial score (nSPS) is 13.5. The van der Waals surface area contributed by atoms with Crippen LogP contribution in [0.1, 0.15) is 265 Å². The first kappa shape index (κ1) is 57.1. The van der Waals surface area contributed by atoms with Gasteiger partial charge in [-0.3, -0.25) is 9.59 Å². The minimum atomic E-state index is -0.791. The van der Waals surface area contributed by atoms with Gasteiger partial charge in [-0.2, -0.15) is 0 Å². The number of unbranched alkanes of at least 4 members (excludes halogenated alkanes) is 29. The average molecular weight is 830 g/mol. The zero-order valence-corrected chi connectivity index (χ0v) is 39.4. The van der Waals surface area contributed by atoms with Crippen molar-refractivity contribution in [2.24, 2.45) is 0 Å². The Morgan fingerprint density at radius 2 is 0.864 bits per heavy atom. The third kappa shape index (κ3) is 42.6. The van der Waals surface area contributed by atoms with Crippen LogP contribution in [-0.4, -0.2) is 46.9 Å². The zero-order chi connectivity index (χ0) is 43.1. The Kier molecular flexibility index (Phi) is 45.6. The van der Waals surface area contributed by atoms with E-state index in [-0.39, 0.29) is 24.9 Å². The SMILES string of the molecule is CCCCC/C=C\CCCCCC(CC(=O)NC(CO)C(O)CCCCCCCCCCCCCCCCC)OC(=O)CCCCCCCC/C=C/C=C/CCCCC. The van der Waals surface area contributed by atoms with Crippen molar-refractivity contribution < 1.29 is 24.5 Å². The number of aliphatic hydroxyl groups is 2. The molecule has 0 saturated carbocycles. The second kappa shape index (κ2) is 47.1. The minimum Gasteiger partial charge on any atom is -0.462 e. The topological polar surface area (TPSA) is 95.9 Å². The molecule has 0 aliphatic heterocycles. The molecule has 0 radical (unpaired) electrons. The summed E-state index contributed by atoms with van der Waals surface area (Å²) in [6.45, 7) is 6.43. The van der Waals surface area contributed by atoms with Crippen molar-refractivity contribution in [1.82, 2.24) is 5.32 Å². The molecule has 1 amide bonds. The maximum Gasteiger partial charge on any atom is 0.306 e. The molecule has 0 heterocycles. The van der Waals surface area contributed by atoms with Gasteiger partial charge < -0.3 is 20.3 Å². The van der Waals surface area contributed by atoms with E-state index in [2.05, 4.69) is 62.5 Å². The first-order valence-electron chi connectivity index (χ1n) is 25.7. The van der Waals surface area contributed by atoms with Crippen LogP contribution in [0.25, 0.3) is 0 Å². The minimum absolute atomic E-state index is 0.0638. The van der Waals surface area contributed by atoms with Gasteiger partial charge in [0.1, 0.15) is 6.10 Å². The first-order chi connectivity index (χ1) is 29.0. The maximum absolute atomic E-state index is 13.2. The van der Waals surface area contributed by atoms with Crippen molar-refractivity contribution in [3.05, 3.63) is 36.5 Å². The van der Waals surface area contributed by atoms with Gasteiger partial charge in [0.25, 0.3) is 0 Å². The predicted octanol–water partition coefficient (Wildman–Crippen LogP) is 15.3. The molecule has 0 aromatic carbocycles. The summed E-state index contributed by atoms with van der Waals surface area (Å²) in [5, 5.41) is 23.7. The Morgan fingerprint density at radius 1 is 0.492 bits per heavy atom. The number of aliphatic hydroxyl groups excluding tert-OH is 2. The van der Waals surface area contributed by atoms with Gasteiger partial charge in [0.2, 0.25) is 5.91 Å². The Hall–Kier alpha value is -1.92. The second-order valence-corrected chi connectivity index (χ2v) is 17.6. The highest BCUT2D eigenvalue weighted by atomic mass is 16.5. The van der Waals surface area contributed by atoms with Crippen molar-refractivity contribution in [2.45, 2.75) is 283 Å². The summed E-state index contributed by atoms with van der Waals surface area (Å²) in [6, 6.07) is -0.706. The quantitative estimate of drug-likeness (QED) is 0.0246. The summed E-state index contributed by atoms with van der Waals surface area (Å²) in [5.41, 5.74) is 0. The summed E-state index contributed by atoms with van der Waals surface area (Å²) >= 11 is 0. The van der Waals surface area contributed by atoms with Gasteiger partial charge in [-0.25, -0.2) is 0 Å². The summed E-state index contributed by atoms with van der Waals surface area (Å²) in [4.78, 5) is 26.1. The molecule has 0 aromatic heterocycles. The van der Waals surface area contributed by atoms with Gasteiger partial charge in [-0.15, -0.1) is 0 Å². The maximum atomic E-state index is 13.2. The standard InChI is InChI=1S/C53H99NO5/c1-4-7-10-13-16-19-22-24-26-28-30-33-36-39-42-45-51(56)50(48-55)54-52(57)47-49(44-41-38-35-32-21-18-15-12-9-6-3)59-53(58)46-43-40-37-34-31-29-27-25-23-20-17-14-11-8-5-2/h17-18,20-21,23,25,49-51,55-56H,4-16,19,22,24,26-48H2,1-3H3,(H,54,57)/b20-17+,21-18-,25-23+. The fourth-order valence-corrected chi connectivity index (χ4v) is 7.77. The average Bonchev–Trinajstić information content (AvgIpc) is 3.23. The molecule has 3 unspecified atom stereocenters. The van der Waals surface area contributed by atoms with E-state index in [0.717, 1.165) is 77.0 Å². The number of amides is 1. The largest absolute Gasteiger partial charge is 0.462 e. The molecule has 0 rings (SSSR count). The Labute approximate surface area is 366 Å². The Morgan fingerprint density at radius 3 is 1.36 bits per heavy atom. The van der Waals surface area contributed by atoms with Gasteiger partial charge in [0, 0.05) is 6.42 Å². The number of hydrogen-bond acceptors (Lipinski definition) is 5. The fraction of sp³-hybridized carbons (Fsp3) is 0.849. The van der Waals surface area contributed by atoms with Crippen molar-refractivity contribution in [3.8, 4) is 0 Å². The van der Waals surface area contributed by atoms with E-state index in [1.807, 2.05) is 0 Å². The number of hydrogen-bond donors (Lipinski definition) is 3. The van der Waals surface area contributed by atoms with E-state index in [9.17, 15) is 19.8 Å². The molecule has 0 aliphatic carbocycles. The fourth-order valence-electron chi connectivity index (χ4n) is 7.77. The highest BCUT2D eigenvalue weighted by Crippen LogP contribution is 2.18. The highest BCUT2D eigenvalue weighted by molar-refractivity contribution is 5.77. The molecule has 346 valence electrons. The number of nitrogens with one attached hydrogen (secondary N) is 1. The van der Waals surface area contributed by atoms with Crippen molar-refractivity contribution in [2.75, 3.05) is 6.61 Å². The molecule has 0 aromatic rings. The molecule has 0 fully saturated rings. The molecule has 3 N–H and O–H groups in total. The van der Waals surface area contributed by atoms with Gasteiger partial charge in [0.15, 0.2) is 0 Å². The molecular formula is C53H99NO5. The third-order valence-corrected chi connectivity index (χ3v) is 11.7. The monoisotopic (exact) mass is 830 g/mol. The number of ether oxygens (including phenoxy) is 1. The highest BCUT2D eigenvalue weighted by Gasteiger charge is 2.24. The van der Waals surface area contributed by atoms with Crippen molar-refractivity contribution in [1.29, 1.82) is 0 Å². The summed E-state index contributed by atoms with van der Waals surface area (Å²) in [7, 11) is 0. The lowest BCUT2D eigenvalue weighted by atomic mass is 10.0. The van der Waals surface area contributed by atoms with Gasteiger partial charge in [-0.1, -0.05) is 211 Å². The lowest BCUT2D eigenvalue weighted by molar-refractivity contribution is -0.151. The van der Waals surface area contributed by atoms with E-state index < -0.39 is 18.2 Å². The van der Waals surface area contributed by atoms with Crippen LogP contribution in [0, 0.1) is 0 Å². The van der Waals surface area contributed by atoms with E-state index >= 15 is 0 Å². The van der Waals surface area contributed by atoms with Crippen LogP contribution in [-0.2, 0) is 14.3 Å². The van der Waals surface area contributed by atoms with Crippen LogP contribution in [0.5, 0.6) is 0 Å². The number of allylic oxidation sites excluding steroid dienone is 6. The van der Waals surface area contributed by atoms with Crippen LogP contribution in [0.3, 0.4) is 0 Å². The molecule has 59 heavy (non-hydrogen) atoms. The van der Waals surface area contributed by atoms with Crippen molar-refractivity contribution in [3.63, 3.8) is 0 Å². The van der Waals surface area contributed by atoms with Crippen LogP contribution in [0.4, 0.5) is 0 Å². The Bertz CT molecular complexity index is 977. The lowest BCUT2D eigenvalue weighted by Gasteiger charge is -2.24. The van der Waals surface area contributed by atoms with E-state index in [4.69, 9.17) is 4.74 Å². The second-order valence-electron chi connectivity index (χ2n) is 17.6. The van der Waals surface area contributed by atoms with Crippen LogP contribution in [0.2, 0.25) is 0 Å². The van der Waals surface area contributed by atoms with Crippen LogP contribution >= 0.6 is 0 Å². The van der Waals surface area contributed by atoms with Crippen LogP contribution < -0.4 is 5.32 Å². The smallest absolute Gasteiger partial charge is 0.306 e. The summed E-state index contributed by atoms with van der Waals surface area (Å²) in [6.07, 6.45) is 54.9. The molecule has 3 atom stereocenters. The van der Waals surface area contributed by atoms with Gasteiger partial charge in [0.05, 0.1) is 25.2 Å². The number of carbonyl (C=O) groups is 2. The molecule has 0 aliphatic rings. The molecule has 0 bridgehead atoms. The molecule has 6 heteroatoms. The zero-order valence-electron chi connectivity index (χ0n) is 39.4.